The molecule has 1 fully saturated rings. The van der Waals surface area contributed by atoms with Crippen molar-refractivity contribution in [3.05, 3.63) is 29.6 Å². The van der Waals surface area contributed by atoms with E-state index in [0.717, 1.165) is 36.7 Å². The second kappa shape index (κ2) is 6.10. The van der Waals surface area contributed by atoms with Gasteiger partial charge in [0, 0.05) is 25.1 Å². The molecule has 0 aromatic heterocycles. The molecule has 1 saturated heterocycles. The van der Waals surface area contributed by atoms with Crippen LogP contribution in [0.1, 0.15) is 18.4 Å². The van der Waals surface area contributed by atoms with Gasteiger partial charge in [-0.15, -0.1) is 0 Å². The summed E-state index contributed by atoms with van der Waals surface area (Å²) in [5.74, 6) is 1.41. The quantitative estimate of drug-likeness (QED) is 0.912. The molecule has 0 spiro atoms. The third-order valence-electron chi connectivity index (χ3n) is 4.29. The van der Waals surface area contributed by atoms with Crippen LogP contribution in [0.4, 0.5) is 4.39 Å². The van der Waals surface area contributed by atoms with Gasteiger partial charge in [0.1, 0.15) is 17.7 Å². The van der Waals surface area contributed by atoms with Crippen LogP contribution in [0.3, 0.4) is 0 Å². The topological polar surface area (TPSA) is 24.5 Å². The molecule has 0 amide bonds. The molecule has 20 heavy (non-hydrogen) atoms. The van der Waals surface area contributed by atoms with E-state index in [4.69, 9.17) is 4.74 Å². The second-order valence-corrected chi connectivity index (χ2v) is 6.12. The van der Waals surface area contributed by atoms with Gasteiger partial charge in [-0.2, -0.15) is 0 Å². The number of nitrogens with zero attached hydrogens (tertiary/aromatic N) is 1. The lowest BCUT2D eigenvalue weighted by Gasteiger charge is -2.30. The Kier molecular flexibility index (Phi) is 4.22. The molecule has 2 heterocycles. The van der Waals surface area contributed by atoms with Crippen molar-refractivity contribution in [1.82, 2.24) is 10.2 Å². The maximum Gasteiger partial charge on any atom is 0.123 e. The predicted octanol–water partition coefficient (Wildman–Crippen LogP) is 2.06. The number of nitrogens with one attached hydrogen (secondary N) is 1. The standard InChI is InChI=1S/C16H23FN2O/c1-19-6-2-3-12(11-19)9-18-10-15-8-13-7-14(17)4-5-16(13)20-15/h4-5,7,12,15,18H,2-3,6,8-11H2,1H3. The molecule has 2 aliphatic rings. The third-order valence-corrected chi connectivity index (χ3v) is 4.29. The number of likely N-dealkylation sites (tertiary alicyclic amines) is 1. The zero-order valence-corrected chi connectivity index (χ0v) is 12.1. The Morgan fingerprint density at radius 3 is 3.15 bits per heavy atom. The van der Waals surface area contributed by atoms with Gasteiger partial charge >= 0.3 is 0 Å². The lowest BCUT2D eigenvalue weighted by atomic mass is 9.98. The van der Waals surface area contributed by atoms with E-state index in [1.807, 2.05) is 0 Å². The van der Waals surface area contributed by atoms with E-state index in [9.17, 15) is 4.39 Å². The van der Waals surface area contributed by atoms with Gasteiger partial charge in [0.25, 0.3) is 0 Å². The van der Waals surface area contributed by atoms with E-state index in [0.29, 0.717) is 0 Å². The molecule has 110 valence electrons. The second-order valence-electron chi connectivity index (χ2n) is 6.12. The fourth-order valence-electron chi connectivity index (χ4n) is 3.29. The van der Waals surface area contributed by atoms with Gasteiger partial charge < -0.3 is 15.0 Å². The summed E-state index contributed by atoms with van der Waals surface area (Å²) in [5, 5.41) is 3.52. The van der Waals surface area contributed by atoms with Gasteiger partial charge in [-0.25, -0.2) is 4.39 Å². The van der Waals surface area contributed by atoms with Crippen LogP contribution in [0, 0.1) is 11.7 Å². The highest BCUT2D eigenvalue weighted by Gasteiger charge is 2.23. The minimum atomic E-state index is -0.175. The summed E-state index contributed by atoms with van der Waals surface area (Å²) in [7, 11) is 2.19. The van der Waals surface area contributed by atoms with E-state index < -0.39 is 0 Å². The zero-order chi connectivity index (χ0) is 13.9. The Bertz CT molecular complexity index is 466. The smallest absolute Gasteiger partial charge is 0.123 e. The van der Waals surface area contributed by atoms with Gasteiger partial charge in [-0.3, -0.25) is 0 Å². The molecule has 0 bridgehead atoms. The van der Waals surface area contributed by atoms with Gasteiger partial charge in [0.15, 0.2) is 0 Å². The van der Waals surface area contributed by atoms with Gasteiger partial charge in [0.2, 0.25) is 0 Å². The summed E-state index contributed by atoms with van der Waals surface area (Å²) in [6.07, 6.45) is 3.57. The number of halogens is 1. The molecule has 1 aromatic carbocycles. The Labute approximate surface area is 120 Å². The maximum absolute atomic E-state index is 13.1. The fourth-order valence-corrected chi connectivity index (χ4v) is 3.29. The Morgan fingerprint density at radius 1 is 1.40 bits per heavy atom. The molecule has 3 nitrogen and oxygen atoms in total. The molecule has 0 radical (unpaired) electrons. The highest BCUT2D eigenvalue weighted by molar-refractivity contribution is 5.37. The Balaban J connectivity index is 1.42. The van der Waals surface area contributed by atoms with Crippen molar-refractivity contribution in [1.29, 1.82) is 0 Å². The maximum atomic E-state index is 13.1. The summed E-state index contributed by atoms with van der Waals surface area (Å²) < 4.78 is 19.0. The van der Waals surface area contributed by atoms with Crippen molar-refractivity contribution in [2.24, 2.45) is 5.92 Å². The molecule has 3 rings (SSSR count). The number of hydrogen-bond donors (Lipinski definition) is 1. The van der Waals surface area contributed by atoms with E-state index in [-0.39, 0.29) is 11.9 Å². The number of piperidine rings is 1. The summed E-state index contributed by atoms with van der Waals surface area (Å²) in [5.41, 5.74) is 0.995. The first-order valence-electron chi connectivity index (χ1n) is 7.55. The molecular formula is C16H23FN2O. The lowest BCUT2D eigenvalue weighted by Crippen LogP contribution is -2.39. The summed E-state index contributed by atoms with van der Waals surface area (Å²) in [4.78, 5) is 2.40. The molecule has 2 atom stereocenters. The Morgan fingerprint density at radius 2 is 2.30 bits per heavy atom. The van der Waals surface area contributed by atoms with Crippen LogP contribution in [0.15, 0.2) is 18.2 Å². The van der Waals surface area contributed by atoms with Crippen LogP contribution >= 0.6 is 0 Å². The van der Waals surface area contributed by atoms with E-state index in [1.165, 1.54) is 32.0 Å². The van der Waals surface area contributed by atoms with E-state index >= 15 is 0 Å². The van der Waals surface area contributed by atoms with Crippen LogP contribution < -0.4 is 10.1 Å². The Hall–Kier alpha value is -1.13. The molecule has 1 aromatic rings. The van der Waals surface area contributed by atoms with Gasteiger partial charge in [-0.1, -0.05) is 0 Å². The molecule has 0 saturated carbocycles. The fraction of sp³-hybridized carbons (Fsp3) is 0.625. The summed E-state index contributed by atoms with van der Waals surface area (Å²) in [6.45, 7) is 4.30. The van der Waals surface area contributed by atoms with Crippen LogP contribution in [0.5, 0.6) is 5.75 Å². The average molecular weight is 278 g/mol. The van der Waals surface area contributed by atoms with Crippen molar-refractivity contribution in [3.8, 4) is 5.75 Å². The van der Waals surface area contributed by atoms with Crippen molar-refractivity contribution in [2.45, 2.75) is 25.4 Å². The molecule has 2 unspecified atom stereocenters. The average Bonchev–Trinajstić information content (AvgIpc) is 2.80. The van der Waals surface area contributed by atoms with Gasteiger partial charge in [0.05, 0.1) is 0 Å². The lowest BCUT2D eigenvalue weighted by molar-refractivity contribution is 0.192. The molecule has 1 N–H and O–H groups in total. The van der Waals surface area contributed by atoms with Crippen LogP contribution in [-0.4, -0.2) is 44.2 Å². The van der Waals surface area contributed by atoms with Crippen molar-refractivity contribution < 1.29 is 9.13 Å². The molecular weight excluding hydrogens is 255 g/mol. The minimum absolute atomic E-state index is 0.146. The number of benzene rings is 1. The first kappa shape index (κ1) is 13.8. The van der Waals surface area contributed by atoms with Gasteiger partial charge in [-0.05, 0) is 57.1 Å². The number of fused-ring (bicyclic) bond motifs is 1. The van der Waals surface area contributed by atoms with Crippen molar-refractivity contribution in [3.63, 3.8) is 0 Å². The van der Waals surface area contributed by atoms with Crippen LogP contribution in [0.2, 0.25) is 0 Å². The first-order chi connectivity index (χ1) is 9.70. The van der Waals surface area contributed by atoms with E-state index in [1.54, 1.807) is 12.1 Å². The number of rotatable bonds is 4. The molecule has 2 aliphatic heterocycles. The molecule has 4 heteroatoms. The highest BCUT2D eigenvalue weighted by atomic mass is 19.1. The predicted molar refractivity (Wildman–Crippen MR) is 77.6 cm³/mol. The van der Waals surface area contributed by atoms with Crippen LogP contribution in [-0.2, 0) is 6.42 Å². The zero-order valence-electron chi connectivity index (χ0n) is 12.1. The van der Waals surface area contributed by atoms with Crippen LogP contribution in [0.25, 0.3) is 0 Å². The monoisotopic (exact) mass is 278 g/mol. The number of hydrogen-bond acceptors (Lipinski definition) is 3. The van der Waals surface area contributed by atoms with Crippen molar-refractivity contribution in [2.75, 3.05) is 33.2 Å². The molecule has 0 aliphatic carbocycles. The normalized spacial score (nSPS) is 26.3. The minimum Gasteiger partial charge on any atom is -0.488 e. The van der Waals surface area contributed by atoms with Crippen molar-refractivity contribution >= 4 is 0 Å². The summed E-state index contributed by atoms with van der Waals surface area (Å²) >= 11 is 0. The SMILES string of the molecule is CN1CCCC(CNCC2Cc3cc(F)ccc3O2)C1. The first-order valence-corrected chi connectivity index (χ1v) is 7.55. The largest absolute Gasteiger partial charge is 0.488 e. The van der Waals surface area contributed by atoms with E-state index in [2.05, 4.69) is 17.3 Å². The summed E-state index contributed by atoms with van der Waals surface area (Å²) in [6, 6.07) is 4.79. The third kappa shape index (κ3) is 3.30. The number of ether oxygens (including phenoxy) is 1. The highest BCUT2D eigenvalue weighted by Crippen LogP contribution is 2.29.